The van der Waals surface area contributed by atoms with Gasteiger partial charge >= 0.3 is 0 Å². The van der Waals surface area contributed by atoms with E-state index in [1.54, 1.807) is 24.5 Å². The summed E-state index contributed by atoms with van der Waals surface area (Å²) < 4.78 is 31.8. The highest BCUT2D eigenvalue weighted by Gasteiger charge is 2.41. The molecule has 0 unspecified atom stereocenters. The van der Waals surface area contributed by atoms with Gasteiger partial charge in [0.1, 0.15) is 5.75 Å². The number of aromatic nitrogens is 1. The number of hydrogen-bond acceptors (Lipinski definition) is 2. The van der Waals surface area contributed by atoms with Gasteiger partial charge in [0.05, 0.1) is 6.61 Å². The van der Waals surface area contributed by atoms with Crippen molar-refractivity contribution < 1.29 is 13.5 Å². The van der Waals surface area contributed by atoms with E-state index in [4.69, 9.17) is 4.74 Å². The van der Waals surface area contributed by atoms with Crippen molar-refractivity contribution in [3.8, 4) is 5.75 Å². The van der Waals surface area contributed by atoms with Gasteiger partial charge < -0.3 is 4.74 Å². The predicted octanol–water partition coefficient (Wildman–Crippen LogP) is 3.68. The van der Waals surface area contributed by atoms with Crippen LogP contribution in [0.15, 0.2) is 24.5 Å². The number of pyridine rings is 1. The molecule has 17 heavy (non-hydrogen) atoms. The van der Waals surface area contributed by atoms with E-state index in [0.717, 1.165) is 5.75 Å². The lowest BCUT2D eigenvalue weighted by Crippen LogP contribution is -2.35. The first-order valence-corrected chi connectivity index (χ1v) is 5.90. The van der Waals surface area contributed by atoms with Crippen molar-refractivity contribution in [2.24, 2.45) is 5.41 Å². The summed E-state index contributed by atoms with van der Waals surface area (Å²) in [6.45, 7) is 2.51. The van der Waals surface area contributed by atoms with E-state index in [2.05, 4.69) is 4.98 Å². The molecule has 94 valence electrons. The molecule has 0 saturated heterocycles. The molecule has 0 atom stereocenters. The Kier molecular flexibility index (Phi) is 3.31. The minimum Gasteiger partial charge on any atom is -0.493 e. The van der Waals surface area contributed by atoms with Gasteiger partial charge in [-0.1, -0.05) is 6.92 Å². The van der Waals surface area contributed by atoms with E-state index in [9.17, 15) is 8.78 Å². The maximum Gasteiger partial charge on any atom is 0.248 e. The summed E-state index contributed by atoms with van der Waals surface area (Å²) in [5.74, 6) is -1.73. The van der Waals surface area contributed by atoms with Crippen molar-refractivity contribution in [3.05, 3.63) is 24.5 Å². The highest BCUT2D eigenvalue weighted by atomic mass is 19.3. The van der Waals surface area contributed by atoms with Crippen molar-refractivity contribution in [2.45, 2.75) is 38.5 Å². The van der Waals surface area contributed by atoms with Crippen molar-refractivity contribution in [2.75, 3.05) is 6.61 Å². The molecule has 1 aromatic rings. The largest absolute Gasteiger partial charge is 0.493 e. The summed E-state index contributed by atoms with van der Waals surface area (Å²) in [5, 5.41) is 0. The lowest BCUT2D eigenvalue weighted by Gasteiger charge is -2.36. The summed E-state index contributed by atoms with van der Waals surface area (Å²) in [6, 6.07) is 3.56. The zero-order valence-corrected chi connectivity index (χ0v) is 9.96. The molecule has 1 saturated carbocycles. The molecule has 0 aliphatic heterocycles. The quantitative estimate of drug-likeness (QED) is 0.805. The second-order valence-corrected chi connectivity index (χ2v) is 5.14. The molecule has 1 aromatic heterocycles. The van der Waals surface area contributed by atoms with Crippen LogP contribution < -0.4 is 4.74 Å². The molecule has 1 aliphatic carbocycles. The van der Waals surface area contributed by atoms with Crippen LogP contribution in [0.1, 0.15) is 32.6 Å². The van der Waals surface area contributed by atoms with Gasteiger partial charge in [-0.2, -0.15) is 0 Å². The second kappa shape index (κ2) is 4.59. The van der Waals surface area contributed by atoms with E-state index in [-0.39, 0.29) is 18.3 Å². The molecule has 0 radical (unpaired) electrons. The van der Waals surface area contributed by atoms with Crippen LogP contribution in [-0.2, 0) is 0 Å². The van der Waals surface area contributed by atoms with Crippen LogP contribution >= 0.6 is 0 Å². The van der Waals surface area contributed by atoms with Crippen LogP contribution in [0.25, 0.3) is 0 Å². The molecule has 0 spiro atoms. The van der Waals surface area contributed by atoms with Crippen LogP contribution in [0.5, 0.6) is 5.75 Å². The molecular formula is C13H17F2NO. The van der Waals surface area contributed by atoms with Crippen LogP contribution in [-0.4, -0.2) is 17.5 Å². The highest BCUT2D eigenvalue weighted by molar-refractivity contribution is 5.16. The molecule has 2 nitrogen and oxygen atoms in total. The highest BCUT2D eigenvalue weighted by Crippen LogP contribution is 2.43. The third-order valence-electron chi connectivity index (χ3n) is 3.43. The summed E-state index contributed by atoms with van der Waals surface area (Å²) in [6.07, 6.45) is 4.31. The minimum atomic E-state index is -2.48. The summed E-state index contributed by atoms with van der Waals surface area (Å²) in [5.41, 5.74) is -0.134. The maximum absolute atomic E-state index is 13.1. The molecule has 1 heterocycles. The first-order valence-electron chi connectivity index (χ1n) is 5.90. The zero-order chi connectivity index (χ0) is 12.4. The fourth-order valence-corrected chi connectivity index (χ4v) is 2.06. The van der Waals surface area contributed by atoms with Crippen LogP contribution in [0.3, 0.4) is 0 Å². The predicted molar refractivity (Wildman–Crippen MR) is 61.3 cm³/mol. The molecule has 0 aromatic carbocycles. The van der Waals surface area contributed by atoms with Gasteiger partial charge in [-0.15, -0.1) is 0 Å². The topological polar surface area (TPSA) is 22.1 Å². The first kappa shape index (κ1) is 12.3. The normalized spacial score (nSPS) is 22.1. The van der Waals surface area contributed by atoms with Crippen LogP contribution in [0.2, 0.25) is 0 Å². The number of nitrogens with zero attached hydrogens (tertiary/aromatic N) is 1. The fourth-order valence-electron chi connectivity index (χ4n) is 2.06. The van der Waals surface area contributed by atoms with E-state index in [1.165, 1.54) is 0 Å². The van der Waals surface area contributed by atoms with Crippen molar-refractivity contribution in [3.63, 3.8) is 0 Å². The number of alkyl halides is 2. The van der Waals surface area contributed by atoms with Gasteiger partial charge in [0.2, 0.25) is 5.92 Å². The smallest absolute Gasteiger partial charge is 0.248 e. The summed E-state index contributed by atoms with van der Waals surface area (Å²) in [7, 11) is 0. The Bertz CT molecular complexity index is 357. The number of halogens is 2. The van der Waals surface area contributed by atoms with Gasteiger partial charge in [0.25, 0.3) is 0 Å². The number of rotatable bonds is 3. The fraction of sp³-hybridized carbons (Fsp3) is 0.615. The Hall–Kier alpha value is -1.19. The van der Waals surface area contributed by atoms with E-state index >= 15 is 0 Å². The van der Waals surface area contributed by atoms with E-state index in [1.807, 2.05) is 6.92 Å². The lowest BCUT2D eigenvalue weighted by molar-refractivity contribution is -0.0711. The number of ether oxygens (including phenoxy) is 1. The maximum atomic E-state index is 13.1. The van der Waals surface area contributed by atoms with Gasteiger partial charge in [-0.3, -0.25) is 4.98 Å². The number of hydrogen-bond donors (Lipinski definition) is 0. The molecule has 1 aliphatic rings. The second-order valence-electron chi connectivity index (χ2n) is 5.14. The Morgan fingerprint density at radius 1 is 1.18 bits per heavy atom. The molecular weight excluding hydrogens is 224 g/mol. The zero-order valence-electron chi connectivity index (χ0n) is 9.96. The SMILES string of the molecule is CC1(COc2ccncc2)CCC(F)(F)CC1. The Morgan fingerprint density at radius 3 is 2.35 bits per heavy atom. The Morgan fingerprint density at radius 2 is 1.76 bits per heavy atom. The van der Waals surface area contributed by atoms with Gasteiger partial charge in [-0.25, -0.2) is 8.78 Å². The van der Waals surface area contributed by atoms with Gasteiger partial charge in [0.15, 0.2) is 0 Å². The molecule has 2 rings (SSSR count). The summed E-state index contributed by atoms with van der Waals surface area (Å²) in [4.78, 5) is 3.90. The average Bonchev–Trinajstić information content (AvgIpc) is 2.33. The third-order valence-corrected chi connectivity index (χ3v) is 3.43. The van der Waals surface area contributed by atoms with Crippen molar-refractivity contribution in [1.29, 1.82) is 0 Å². The average molecular weight is 241 g/mol. The molecule has 4 heteroatoms. The third kappa shape index (κ3) is 3.38. The van der Waals surface area contributed by atoms with Crippen LogP contribution in [0.4, 0.5) is 8.78 Å². The van der Waals surface area contributed by atoms with Crippen LogP contribution in [0, 0.1) is 5.41 Å². The van der Waals surface area contributed by atoms with Gasteiger partial charge in [-0.05, 0) is 25.0 Å². The molecule has 0 bridgehead atoms. The van der Waals surface area contributed by atoms with Gasteiger partial charge in [0, 0.05) is 30.7 Å². The standard InChI is InChI=1S/C13H17F2NO/c1-12(4-6-13(14,15)7-5-12)10-17-11-2-8-16-9-3-11/h2-3,8-9H,4-7,10H2,1H3. The van der Waals surface area contributed by atoms with Crippen molar-refractivity contribution in [1.82, 2.24) is 4.98 Å². The van der Waals surface area contributed by atoms with Crippen molar-refractivity contribution >= 4 is 0 Å². The monoisotopic (exact) mass is 241 g/mol. The van der Waals surface area contributed by atoms with E-state index < -0.39 is 5.92 Å². The van der Waals surface area contributed by atoms with E-state index in [0.29, 0.717) is 19.4 Å². The Labute approximate surface area is 100 Å². The lowest BCUT2D eigenvalue weighted by atomic mass is 9.75. The molecule has 0 amide bonds. The Balaban J connectivity index is 1.87. The first-order chi connectivity index (χ1) is 7.99. The molecule has 1 fully saturated rings. The summed E-state index contributed by atoms with van der Waals surface area (Å²) >= 11 is 0. The molecule has 0 N–H and O–H groups in total. The minimum absolute atomic E-state index is 0.0246.